The van der Waals surface area contributed by atoms with Crippen molar-refractivity contribution >= 4 is 6.09 Å². The SMILES string of the molecule is CC(C)N(C)[C@H]1CN(C(=O)OC(C)(C)C)CC[C@H]1C. The summed E-state index contributed by atoms with van der Waals surface area (Å²) in [6, 6.07) is 0.910. The van der Waals surface area contributed by atoms with Crippen LogP contribution in [-0.4, -0.2) is 53.7 Å². The van der Waals surface area contributed by atoms with Crippen molar-refractivity contribution in [2.75, 3.05) is 20.1 Å². The van der Waals surface area contributed by atoms with Gasteiger partial charge in [-0.1, -0.05) is 6.92 Å². The summed E-state index contributed by atoms with van der Waals surface area (Å²) >= 11 is 0. The third-order valence-electron chi connectivity index (χ3n) is 3.91. The van der Waals surface area contributed by atoms with E-state index in [-0.39, 0.29) is 6.09 Å². The fourth-order valence-electron chi connectivity index (χ4n) is 2.45. The zero-order valence-electron chi connectivity index (χ0n) is 13.6. The van der Waals surface area contributed by atoms with Crippen LogP contribution in [0, 0.1) is 5.92 Å². The lowest BCUT2D eigenvalue weighted by molar-refractivity contribution is 0.00147. The van der Waals surface area contributed by atoms with Crippen LogP contribution in [0.5, 0.6) is 0 Å². The summed E-state index contributed by atoms with van der Waals surface area (Å²) in [6.07, 6.45) is 0.864. The molecule has 0 aromatic rings. The van der Waals surface area contributed by atoms with E-state index in [1.54, 1.807) is 0 Å². The van der Waals surface area contributed by atoms with Crippen LogP contribution in [-0.2, 0) is 4.74 Å². The molecule has 0 aliphatic carbocycles. The van der Waals surface area contributed by atoms with Gasteiger partial charge in [-0.3, -0.25) is 4.90 Å². The van der Waals surface area contributed by atoms with Gasteiger partial charge in [0.05, 0.1) is 0 Å². The summed E-state index contributed by atoms with van der Waals surface area (Å²) in [6.45, 7) is 14.0. The maximum Gasteiger partial charge on any atom is 0.410 e. The highest BCUT2D eigenvalue weighted by molar-refractivity contribution is 5.68. The molecule has 19 heavy (non-hydrogen) atoms. The normalized spacial score (nSPS) is 25.0. The molecule has 0 saturated carbocycles. The molecule has 4 nitrogen and oxygen atoms in total. The predicted molar refractivity (Wildman–Crippen MR) is 78.3 cm³/mol. The first-order valence-corrected chi connectivity index (χ1v) is 7.31. The quantitative estimate of drug-likeness (QED) is 0.773. The molecule has 112 valence electrons. The highest BCUT2D eigenvalue weighted by Crippen LogP contribution is 2.24. The van der Waals surface area contributed by atoms with Crippen molar-refractivity contribution in [3.05, 3.63) is 0 Å². The predicted octanol–water partition coefficient (Wildman–Crippen LogP) is 2.97. The maximum atomic E-state index is 12.1. The van der Waals surface area contributed by atoms with Gasteiger partial charge in [0, 0.05) is 25.2 Å². The Morgan fingerprint density at radius 3 is 2.42 bits per heavy atom. The van der Waals surface area contributed by atoms with Crippen molar-refractivity contribution < 1.29 is 9.53 Å². The zero-order chi connectivity index (χ0) is 14.8. The second kappa shape index (κ2) is 6.12. The van der Waals surface area contributed by atoms with Gasteiger partial charge in [-0.15, -0.1) is 0 Å². The molecular formula is C15H30N2O2. The molecule has 1 rings (SSSR count). The Morgan fingerprint density at radius 1 is 1.37 bits per heavy atom. The Kier molecular flexibility index (Phi) is 5.25. The Bertz CT molecular complexity index is 310. The molecule has 0 radical (unpaired) electrons. The van der Waals surface area contributed by atoms with Crippen LogP contribution in [0.4, 0.5) is 4.79 Å². The highest BCUT2D eigenvalue weighted by Gasteiger charge is 2.33. The molecule has 2 atom stereocenters. The van der Waals surface area contributed by atoms with Gasteiger partial charge in [0.1, 0.15) is 5.60 Å². The third kappa shape index (κ3) is 4.68. The molecule has 0 bridgehead atoms. The van der Waals surface area contributed by atoms with E-state index in [1.165, 1.54) is 0 Å². The number of likely N-dealkylation sites (N-methyl/N-ethyl adjacent to an activating group) is 1. The molecule has 4 heteroatoms. The van der Waals surface area contributed by atoms with Crippen LogP contribution in [0.15, 0.2) is 0 Å². The minimum atomic E-state index is -0.417. The van der Waals surface area contributed by atoms with Crippen LogP contribution in [0.1, 0.15) is 48.0 Å². The molecule has 0 aromatic carbocycles. The summed E-state index contributed by atoms with van der Waals surface area (Å²) in [5.74, 6) is 0.617. The maximum absolute atomic E-state index is 12.1. The molecule has 1 heterocycles. The third-order valence-corrected chi connectivity index (χ3v) is 3.91. The van der Waals surface area contributed by atoms with E-state index in [0.29, 0.717) is 18.0 Å². The molecule has 0 spiro atoms. The summed E-state index contributed by atoms with van der Waals surface area (Å²) in [4.78, 5) is 16.4. The van der Waals surface area contributed by atoms with Gasteiger partial charge < -0.3 is 9.64 Å². The van der Waals surface area contributed by atoms with Crippen LogP contribution in [0.25, 0.3) is 0 Å². The number of rotatable bonds is 2. The van der Waals surface area contributed by atoms with E-state index in [9.17, 15) is 4.79 Å². The molecular weight excluding hydrogens is 240 g/mol. The number of amides is 1. The van der Waals surface area contributed by atoms with Crippen LogP contribution >= 0.6 is 0 Å². The fourth-order valence-corrected chi connectivity index (χ4v) is 2.45. The lowest BCUT2D eigenvalue weighted by atomic mass is 9.92. The van der Waals surface area contributed by atoms with Crippen molar-refractivity contribution in [1.29, 1.82) is 0 Å². The summed E-state index contributed by atoms with van der Waals surface area (Å²) in [5, 5.41) is 0. The zero-order valence-corrected chi connectivity index (χ0v) is 13.6. The number of nitrogens with zero attached hydrogens (tertiary/aromatic N) is 2. The Labute approximate surface area is 118 Å². The van der Waals surface area contributed by atoms with Crippen molar-refractivity contribution in [2.45, 2.75) is 65.6 Å². The highest BCUT2D eigenvalue weighted by atomic mass is 16.6. The van der Waals surface area contributed by atoms with Gasteiger partial charge >= 0.3 is 6.09 Å². The van der Waals surface area contributed by atoms with E-state index in [0.717, 1.165) is 19.5 Å². The summed E-state index contributed by atoms with van der Waals surface area (Å²) in [5.41, 5.74) is -0.417. The van der Waals surface area contributed by atoms with Crippen molar-refractivity contribution in [2.24, 2.45) is 5.92 Å². The van der Waals surface area contributed by atoms with Gasteiger partial charge in [0.25, 0.3) is 0 Å². The number of hydrogen-bond donors (Lipinski definition) is 0. The van der Waals surface area contributed by atoms with E-state index >= 15 is 0 Å². The molecule has 0 unspecified atom stereocenters. The molecule has 1 aliphatic heterocycles. The van der Waals surface area contributed by atoms with Gasteiger partial charge in [0.15, 0.2) is 0 Å². The standard InChI is InChI=1S/C15H30N2O2/c1-11(2)16(7)13-10-17(9-8-12(13)3)14(18)19-15(4,5)6/h11-13H,8-10H2,1-7H3/t12-,13+/m1/s1. The Balaban J connectivity index is 2.66. The monoisotopic (exact) mass is 270 g/mol. The van der Waals surface area contributed by atoms with E-state index < -0.39 is 5.60 Å². The first kappa shape index (κ1) is 16.3. The van der Waals surface area contributed by atoms with E-state index in [4.69, 9.17) is 4.74 Å². The average Bonchev–Trinajstić information content (AvgIpc) is 2.26. The number of carbonyl (C=O) groups is 1. The molecule has 1 saturated heterocycles. The largest absolute Gasteiger partial charge is 0.444 e. The smallest absolute Gasteiger partial charge is 0.410 e. The number of ether oxygens (including phenoxy) is 1. The first-order valence-electron chi connectivity index (χ1n) is 7.31. The van der Waals surface area contributed by atoms with E-state index in [2.05, 4.69) is 32.7 Å². The van der Waals surface area contributed by atoms with Crippen molar-refractivity contribution in [3.8, 4) is 0 Å². The second-order valence-electron chi connectivity index (χ2n) is 7.02. The average molecular weight is 270 g/mol. The molecule has 1 fully saturated rings. The topological polar surface area (TPSA) is 32.8 Å². The number of piperidine rings is 1. The molecule has 0 aromatic heterocycles. The minimum absolute atomic E-state index is 0.179. The molecule has 1 aliphatic rings. The molecule has 1 amide bonds. The van der Waals surface area contributed by atoms with Gasteiger partial charge in [0.2, 0.25) is 0 Å². The Morgan fingerprint density at radius 2 is 1.95 bits per heavy atom. The van der Waals surface area contributed by atoms with Gasteiger partial charge in [-0.2, -0.15) is 0 Å². The van der Waals surface area contributed by atoms with Gasteiger partial charge in [-0.25, -0.2) is 4.79 Å². The Hall–Kier alpha value is -0.770. The number of hydrogen-bond acceptors (Lipinski definition) is 3. The van der Waals surface area contributed by atoms with E-state index in [1.807, 2.05) is 25.7 Å². The first-order chi connectivity index (χ1) is 8.61. The van der Waals surface area contributed by atoms with Crippen molar-refractivity contribution in [1.82, 2.24) is 9.80 Å². The minimum Gasteiger partial charge on any atom is -0.444 e. The molecule has 0 N–H and O–H groups in total. The lowest BCUT2D eigenvalue weighted by Gasteiger charge is -2.43. The van der Waals surface area contributed by atoms with Crippen LogP contribution < -0.4 is 0 Å². The summed E-state index contributed by atoms with van der Waals surface area (Å²) < 4.78 is 5.47. The summed E-state index contributed by atoms with van der Waals surface area (Å²) in [7, 11) is 2.14. The second-order valence-corrected chi connectivity index (χ2v) is 7.02. The van der Waals surface area contributed by atoms with Crippen molar-refractivity contribution in [3.63, 3.8) is 0 Å². The van der Waals surface area contributed by atoms with Crippen LogP contribution in [0.3, 0.4) is 0 Å². The fraction of sp³-hybridized carbons (Fsp3) is 0.933. The number of likely N-dealkylation sites (tertiary alicyclic amines) is 1. The van der Waals surface area contributed by atoms with Crippen LogP contribution in [0.2, 0.25) is 0 Å². The number of carbonyl (C=O) groups excluding carboxylic acids is 1. The lowest BCUT2D eigenvalue weighted by Crippen LogP contribution is -2.54. The van der Waals surface area contributed by atoms with Gasteiger partial charge in [-0.05, 0) is 54.0 Å².